The Morgan fingerprint density at radius 3 is 2.54 bits per heavy atom. The van der Waals surface area contributed by atoms with Crippen LogP contribution in [-0.2, 0) is 29.6 Å². The standard InChI is InChI=1S/C28H26FN3O2S/c1-3-19-8-4-6-10-22(19)32-24(33)17-35-28-25(21-9-5-7-11-23(21)31(28)2)26(32)27(34)30-16-18-12-14-20(29)15-13-18/h4-15,26H,3,16-17H2,1-2H3,(H,30,34)/t26-/m0/s1. The Morgan fingerprint density at radius 1 is 1.06 bits per heavy atom. The van der Waals surface area contributed by atoms with E-state index < -0.39 is 6.04 Å². The van der Waals surface area contributed by atoms with Gasteiger partial charge in [0.2, 0.25) is 11.8 Å². The summed E-state index contributed by atoms with van der Waals surface area (Å²) in [6, 6.07) is 20.9. The van der Waals surface area contributed by atoms with Gasteiger partial charge in [-0.15, -0.1) is 0 Å². The van der Waals surface area contributed by atoms with Crippen molar-refractivity contribution >= 4 is 40.2 Å². The highest BCUT2D eigenvalue weighted by Gasteiger charge is 2.40. The monoisotopic (exact) mass is 487 g/mol. The number of nitrogens with zero attached hydrogens (tertiary/aromatic N) is 2. The first kappa shape index (κ1) is 23.2. The molecule has 1 N–H and O–H groups in total. The number of anilines is 1. The van der Waals surface area contributed by atoms with Crippen molar-refractivity contribution in [3.8, 4) is 0 Å². The van der Waals surface area contributed by atoms with E-state index in [0.717, 1.165) is 44.7 Å². The Labute approximate surface area is 207 Å². The number of nitrogens with one attached hydrogen (secondary N) is 1. The topological polar surface area (TPSA) is 54.3 Å². The number of halogens is 1. The van der Waals surface area contributed by atoms with Gasteiger partial charge >= 0.3 is 0 Å². The van der Waals surface area contributed by atoms with Crippen LogP contribution in [-0.4, -0.2) is 22.1 Å². The van der Waals surface area contributed by atoms with Crippen LogP contribution >= 0.6 is 11.8 Å². The summed E-state index contributed by atoms with van der Waals surface area (Å²) in [5, 5.41) is 4.88. The van der Waals surface area contributed by atoms with Crippen LogP contribution in [0.25, 0.3) is 10.9 Å². The molecule has 1 atom stereocenters. The van der Waals surface area contributed by atoms with Crippen molar-refractivity contribution in [2.75, 3.05) is 10.7 Å². The number of fused-ring (bicyclic) bond motifs is 3. The van der Waals surface area contributed by atoms with Crippen LogP contribution in [0.3, 0.4) is 0 Å². The van der Waals surface area contributed by atoms with Crippen LogP contribution < -0.4 is 10.2 Å². The molecule has 5 rings (SSSR count). The molecule has 0 radical (unpaired) electrons. The normalized spacial score (nSPS) is 15.7. The van der Waals surface area contributed by atoms with Gasteiger partial charge in [0.15, 0.2) is 0 Å². The molecule has 0 saturated heterocycles. The van der Waals surface area contributed by atoms with Gasteiger partial charge in [0.05, 0.1) is 10.8 Å². The smallest absolute Gasteiger partial charge is 0.248 e. The number of aryl methyl sites for hydroxylation is 2. The van der Waals surface area contributed by atoms with Crippen molar-refractivity contribution in [2.45, 2.75) is 31.0 Å². The molecule has 0 spiro atoms. The summed E-state index contributed by atoms with van der Waals surface area (Å²) in [7, 11) is 1.97. The summed E-state index contributed by atoms with van der Waals surface area (Å²) >= 11 is 1.47. The van der Waals surface area contributed by atoms with Crippen LogP contribution in [0, 0.1) is 5.82 Å². The zero-order valence-corrected chi connectivity index (χ0v) is 20.4. The largest absolute Gasteiger partial charge is 0.350 e. The zero-order valence-electron chi connectivity index (χ0n) is 19.6. The molecule has 1 aliphatic heterocycles. The van der Waals surface area contributed by atoms with Crippen molar-refractivity contribution < 1.29 is 14.0 Å². The first-order valence-corrected chi connectivity index (χ1v) is 12.6. The fraction of sp³-hybridized carbons (Fsp3) is 0.214. The second kappa shape index (κ2) is 9.58. The van der Waals surface area contributed by atoms with Crippen molar-refractivity contribution in [3.63, 3.8) is 0 Å². The fourth-order valence-corrected chi connectivity index (χ4v) is 5.83. The number of hydrogen-bond donors (Lipinski definition) is 1. The van der Waals surface area contributed by atoms with E-state index in [0.29, 0.717) is 0 Å². The second-order valence-corrected chi connectivity index (χ2v) is 9.54. The maximum atomic E-state index is 13.9. The highest BCUT2D eigenvalue weighted by molar-refractivity contribution is 8.00. The van der Waals surface area contributed by atoms with Gasteiger partial charge in [-0.1, -0.05) is 67.2 Å². The van der Waals surface area contributed by atoms with E-state index in [2.05, 4.69) is 9.88 Å². The van der Waals surface area contributed by atoms with E-state index in [1.54, 1.807) is 17.0 Å². The van der Waals surface area contributed by atoms with E-state index in [1.807, 2.05) is 62.5 Å². The molecule has 0 bridgehead atoms. The summed E-state index contributed by atoms with van der Waals surface area (Å²) < 4.78 is 15.4. The third-order valence-electron chi connectivity index (χ3n) is 6.48. The Balaban J connectivity index is 1.65. The molecule has 0 unspecified atom stereocenters. The van der Waals surface area contributed by atoms with E-state index in [9.17, 15) is 14.0 Å². The number of rotatable bonds is 5. The number of carbonyl (C=O) groups is 2. The molecule has 7 heteroatoms. The third-order valence-corrected chi connectivity index (χ3v) is 7.64. The van der Waals surface area contributed by atoms with Crippen molar-refractivity contribution in [1.29, 1.82) is 0 Å². The van der Waals surface area contributed by atoms with Crippen molar-refractivity contribution in [2.24, 2.45) is 7.05 Å². The molecule has 0 saturated carbocycles. The first-order chi connectivity index (χ1) is 17.0. The molecule has 1 aromatic heterocycles. The minimum atomic E-state index is -0.841. The van der Waals surface area contributed by atoms with Crippen molar-refractivity contribution in [3.05, 3.63) is 95.3 Å². The van der Waals surface area contributed by atoms with Crippen LogP contribution in [0.4, 0.5) is 10.1 Å². The summed E-state index contributed by atoms with van der Waals surface area (Å²) in [6.07, 6.45) is 0.736. The molecule has 4 aromatic rings. The van der Waals surface area contributed by atoms with Crippen LogP contribution in [0.15, 0.2) is 77.8 Å². The van der Waals surface area contributed by atoms with Crippen LogP contribution in [0.1, 0.15) is 29.7 Å². The van der Waals surface area contributed by atoms with Gasteiger partial charge in [-0.3, -0.25) is 14.5 Å². The average molecular weight is 488 g/mol. The van der Waals surface area contributed by atoms with Crippen molar-refractivity contribution in [1.82, 2.24) is 9.88 Å². The quantitative estimate of drug-likeness (QED) is 0.411. The molecule has 2 amide bonds. The molecule has 0 aliphatic carbocycles. The van der Waals surface area contributed by atoms with Gasteiger partial charge in [-0.2, -0.15) is 0 Å². The maximum Gasteiger partial charge on any atom is 0.248 e. The lowest BCUT2D eigenvalue weighted by Crippen LogP contribution is -2.44. The van der Waals surface area contributed by atoms with Gasteiger partial charge in [-0.25, -0.2) is 4.39 Å². The fourth-order valence-electron chi connectivity index (χ4n) is 4.77. The molecule has 3 aromatic carbocycles. The average Bonchev–Trinajstić information content (AvgIpc) is 3.06. The number of para-hydroxylation sites is 2. The number of carbonyl (C=O) groups excluding carboxylic acids is 2. The minimum Gasteiger partial charge on any atom is -0.350 e. The molecule has 2 heterocycles. The van der Waals surface area contributed by atoms with Gasteiger partial charge in [0.25, 0.3) is 0 Å². The second-order valence-electron chi connectivity index (χ2n) is 8.58. The zero-order chi connectivity index (χ0) is 24.5. The molecule has 178 valence electrons. The Bertz CT molecular complexity index is 1410. The lowest BCUT2D eigenvalue weighted by atomic mass is 10.00. The van der Waals surface area contributed by atoms with Crippen LogP contribution in [0.2, 0.25) is 0 Å². The Hall–Kier alpha value is -3.58. The van der Waals surface area contributed by atoms with Gasteiger partial charge in [-0.05, 0) is 41.8 Å². The van der Waals surface area contributed by atoms with E-state index in [1.165, 1.54) is 23.9 Å². The maximum absolute atomic E-state index is 13.9. The Kier molecular flexibility index (Phi) is 6.34. The molecule has 5 nitrogen and oxygen atoms in total. The van der Waals surface area contributed by atoms with Gasteiger partial charge in [0, 0.05) is 35.7 Å². The summed E-state index contributed by atoms with van der Waals surface area (Å²) in [4.78, 5) is 29.2. The lowest BCUT2D eigenvalue weighted by molar-refractivity contribution is -0.125. The third kappa shape index (κ3) is 4.21. The number of hydrogen-bond acceptors (Lipinski definition) is 3. The van der Waals surface area contributed by atoms with Crippen LogP contribution in [0.5, 0.6) is 0 Å². The first-order valence-electron chi connectivity index (χ1n) is 11.6. The SMILES string of the molecule is CCc1ccccc1N1C(=O)CSc2c(c3ccccc3n2C)[C@H]1C(=O)NCc1ccc(F)cc1. The van der Waals surface area contributed by atoms with E-state index in [-0.39, 0.29) is 29.9 Å². The molecule has 1 aliphatic rings. The Morgan fingerprint density at radius 2 is 1.77 bits per heavy atom. The summed E-state index contributed by atoms with van der Waals surface area (Å²) in [6.45, 7) is 2.28. The van der Waals surface area contributed by atoms with E-state index in [4.69, 9.17) is 0 Å². The highest BCUT2D eigenvalue weighted by Crippen LogP contribution is 2.44. The predicted octanol–water partition coefficient (Wildman–Crippen LogP) is 5.38. The number of amides is 2. The minimum absolute atomic E-state index is 0.113. The number of aromatic nitrogens is 1. The molecular weight excluding hydrogens is 461 g/mol. The highest BCUT2D eigenvalue weighted by atomic mass is 32.2. The summed E-state index contributed by atoms with van der Waals surface area (Å²) in [5.41, 5.74) is 4.39. The number of benzene rings is 3. The molecule has 35 heavy (non-hydrogen) atoms. The molecule has 0 fully saturated rings. The van der Waals surface area contributed by atoms with Gasteiger partial charge < -0.3 is 9.88 Å². The predicted molar refractivity (Wildman–Crippen MR) is 138 cm³/mol. The number of thioether (sulfide) groups is 1. The van der Waals surface area contributed by atoms with E-state index >= 15 is 0 Å². The molecular formula is C28H26FN3O2S. The summed E-state index contributed by atoms with van der Waals surface area (Å²) in [5.74, 6) is -0.474. The van der Waals surface area contributed by atoms with Gasteiger partial charge in [0.1, 0.15) is 11.9 Å². The lowest BCUT2D eigenvalue weighted by Gasteiger charge is -2.31.